The minimum atomic E-state index is -0.381. The van der Waals surface area contributed by atoms with Crippen molar-refractivity contribution < 1.29 is 13.9 Å². The number of thioether (sulfide) groups is 1. The molecule has 128 valence electrons. The number of hydrogen-bond donors (Lipinski definition) is 0. The highest BCUT2D eigenvalue weighted by Gasteiger charge is 2.21. The van der Waals surface area contributed by atoms with Gasteiger partial charge < -0.3 is 9.64 Å². The minimum Gasteiger partial charge on any atom is -0.494 e. The molecule has 0 aliphatic heterocycles. The summed E-state index contributed by atoms with van der Waals surface area (Å²) in [6.45, 7) is 4.46. The van der Waals surface area contributed by atoms with E-state index in [4.69, 9.17) is 4.74 Å². The average Bonchev–Trinajstić information content (AvgIpc) is 2.61. The fraction of sp³-hybridized carbons (Fsp3) is 0.316. The second-order valence-corrected chi connectivity index (χ2v) is 6.67. The predicted molar refractivity (Wildman–Crippen MR) is 98.2 cm³/mol. The number of carbonyl (C=O) groups excluding carboxylic acids is 1. The van der Waals surface area contributed by atoms with E-state index in [1.807, 2.05) is 50.2 Å². The first-order chi connectivity index (χ1) is 11.6. The first kappa shape index (κ1) is 18.3. The summed E-state index contributed by atoms with van der Waals surface area (Å²) in [6.07, 6.45) is 0. The molecule has 0 unspecified atom stereocenters. The van der Waals surface area contributed by atoms with Gasteiger partial charge in [-0.15, -0.1) is 11.8 Å². The Balaban J connectivity index is 1.99. The molecule has 5 heteroatoms. The zero-order valence-corrected chi connectivity index (χ0v) is 15.0. The Morgan fingerprint density at radius 3 is 2.54 bits per heavy atom. The van der Waals surface area contributed by atoms with Crippen LogP contribution in [0.2, 0.25) is 0 Å². The van der Waals surface area contributed by atoms with Crippen molar-refractivity contribution >= 4 is 23.4 Å². The SMILES string of the molecule is CCN(C(=O)[C@H](C)SCc1ccc(OC)c(F)c1)c1ccccc1. The summed E-state index contributed by atoms with van der Waals surface area (Å²) in [5, 5.41) is -0.213. The maximum Gasteiger partial charge on any atom is 0.239 e. The second-order valence-electron chi connectivity index (χ2n) is 5.34. The molecule has 0 aliphatic rings. The maximum atomic E-state index is 13.7. The van der Waals surface area contributed by atoms with E-state index < -0.39 is 0 Å². The third-order valence-electron chi connectivity index (χ3n) is 3.71. The number of anilines is 1. The zero-order valence-electron chi connectivity index (χ0n) is 14.2. The number of nitrogens with zero attached hydrogens (tertiary/aromatic N) is 1. The summed E-state index contributed by atoms with van der Waals surface area (Å²) in [7, 11) is 1.44. The second kappa shape index (κ2) is 8.73. The lowest BCUT2D eigenvalue weighted by molar-refractivity contribution is -0.117. The molecule has 0 spiro atoms. The molecule has 0 radical (unpaired) electrons. The first-order valence-electron chi connectivity index (χ1n) is 7.87. The molecule has 0 heterocycles. The van der Waals surface area contributed by atoms with E-state index in [-0.39, 0.29) is 22.7 Å². The van der Waals surface area contributed by atoms with Gasteiger partial charge in [-0.25, -0.2) is 4.39 Å². The average molecular weight is 347 g/mol. The molecule has 2 aromatic rings. The molecule has 1 amide bonds. The van der Waals surface area contributed by atoms with Crippen LogP contribution in [0.4, 0.5) is 10.1 Å². The molecular weight excluding hydrogens is 325 g/mol. The van der Waals surface area contributed by atoms with Crippen molar-refractivity contribution in [1.29, 1.82) is 0 Å². The molecule has 0 saturated carbocycles. The first-order valence-corrected chi connectivity index (χ1v) is 8.92. The van der Waals surface area contributed by atoms with E-state index in [1.54, 1.807) is 11.0 Å². The summed E-state index contributed by atoms with van der Waals surface area (Å²) < 4.78 is 18.6. The summed E-state index contributed by atoms with van der Waals surface area (Å²) in [5.41, 5.74) is 1.73. The number of carbonyl (C=O) groups is 1. The van der Waals surface area contributed by atoms with Gasteiger partial charge in [-0.1, -0.05) is 24.3 Å². The van der Waals surface area contributed by atoms with Crippen LogP contribution in [0.25, 0.3) is 0 Å². The summed E-state index contributed by atoms with van der Waals surface area (Å²) >= 11 is 1.50. The van der Waals surface area contributed by atoms with E-state index in [9.17, 15) is 9.18 Å². The third-order valence-corrected chi connectivity index (χ3v) is 4.92. The molecule has 3 nitrogen and oxygen atoms in total. The van der Waals surface area contributed by atoms with Gasteiger partial charge in [0.2, 0.25) is 5.91 Å². The Kier molecular flexibility index (Phi) is 6.67. The van der Waals surface area contributed by atoms with Crippen molar-refractivity contribution in [3.63, 3.8) is 0 Å². The fourth-order valence-corrected chi connectivity index (χ4v) is 3.28. The van der Waals surface area contributed by atoms with Crippen molar-refractivity contribution in [2.24, 2.45) is 0 Å². The Labute approximate surface area is 146 Å². The lowest BCUT2D eigenvalue weighted by Gasteiger charge is -2.24. The van der Waals surface area contributed by atoms with Crippen LogP contribution < -0.4 is 9.64 Å². The molecule has 0 saturated heterocycles. The highest BCUT2D eigenvalue weighted by atomic mass is 32.2. The van der Waals surface area contributed by atoms with Crippen molar-refractivity contribution in [1.82, 2.24) is 0 Å². The van der Waals surface area contributed by atoms with Crippen LogP contribution in [0.15, 0.2) is 48.5 Å². The normalized spacial score (nSPS) is 11.8. The van der Waals surface area contributed by atoms with E-state index in [0.29, 0.717) is 12.3 Å². The highest BCUT2D eigenvalue weighted by molar-refractivity contribution is 7.99. The lowest BCUT2D eigenvalue weighted by Crippen LogP contribution is -2.36. The molecule has 0 bridgehead atoms. The van der Waals surface area contributed by atoms with Crippen LogP contribution in [0.3, 0.4) is 0 Å². The van der Waals surface area contributed by atoms with E-state index in [0.717, 1.165) is 11.3 Å². The van der Waals surface area contributed by atoms with Gasteiger partial charge in [-0.05, 0) is 43.7 Å². The Bertz CT molecular complexity index is 678. The van der Waals surface area contributed by atoms with E-state index in [2.05, 4.69) is 0 Å². The number of halogens is 1. The number of amides is 1. The van der Waals surface area contributed by atoms with Gasteiger partial charge >= 0.3 is 0 Å². The Hall–Kier alpha value is -2.01. The summed E-state index contributed by atoms with van der Waals surface area (Å²) in [5.74, 6) is 0.478. The molecule has 0 aromatic heterocycles. The van der Waals surface area contributed by atoms with Gasteiger partial charge in [0.05, 0.1) is 12.4 Å². The van der Waals surface area contributed by atoms with E-state index >= 15 is 0 Å². The van der Waals surface area contributed by atoms with Crippen molar-refractivity contribution in [2.75, 3.05) is 18.6 Å². The van der Waals surface area contributed by atoms with Gasteiger partial charge in [0.25, 0.3) is 0 Å². The smallest absolute Gasteiger partial charge is 0.239 e. The lowest BCUT2D eigenvalue weighted by atomic mass is 10.2. The highest BCUT2D eigenvalue weighted by Crippen LogP contribution is 2.25. The fourth-order valence-electron chi connectivity index (χ4n) is 2.39. The molecule has 2 aromatic carbocycles. The number of rotatable bonds is 7. The molecule has 0 aliphatic carbocycles. The molecule has 0 N–H and O–H groups in total. The van der Waals surface area contributed by atoms with Crippen LogP contribution in [-0.2, 0) is 10.5 Å². The predicted octanol–water partition coefficient (Wildman–Crippen LogP) is 4.51. The van der Waals surface area contributed by atoms with Gasteiger partial charge in [-0.3, -0.25) is 4.79 Å². The number of ether oxygens (including phenoxy) is 1. The Morgan fingerprint density at radius 1 is 1.25 bits per heavy atom. The monoisotopic (exact) mass is 347 g/mol. The van der Waals surface area contributed by atoms with Gasteiger partial charge in [0.15, 0.2) is 11.6 Å². The molecule has 24 heavy (non-hydrogen) atoms. The summed E-state index contributed by atoms with van der Waals surface area (Å²) in [4.78, 5) is 14.4. The van der Waals surface area contributed by atoms with E-state index in [1.165, 1.54) is 24.9 Å². The van der Waals surface area contributed by atoms with Gasteiger partial charge in [0, 0.05) is 18.0 Å². The molecular formula is C19H22FNO2S. The quantitative estimate of drug-likeness (QED) is 0.738. The number of hydrogen-bond acceptors (Lipinski definition) is 3. The number of para-hydroxylation sites is 1. The Morgan fingerprint density at radius 2 is 1.96 bits per heavy atom. The van der Waals surface area contributed by atoms with Crippen LogP contribution in [0.1, 0.15) is 19.4 Å². The van der Waals surface area contributed by atoms with Gasteiger partial charge in [0.1, 0.15) is 0 Å². The van der Waals surface area contributed by atoms with Crippen LogP contribution in [0, 0.1) is 5.82 Å². The zero-order chi connectivity index (χ0) is 17.5. The molecule has 1 atom stereocenters. The molecule has 2 rings (SSSR count). The van der Waals surface area contributed by atoms with Crippen LogP contribution >= 0.6 is 11.8 Å². The van der Waals surface area contributed by atoms with Crippen LogP contribution in [0.5, 0.6) is 5.75 Å². The topological polar surface area (TPSA) is 29.5 Å². The van der Waals surface area contributed by atoms with Crippen LogP contribution in [-0.4, -0.2) is 24.8 Å². The third kappa shape index (κ3) is 4.51. The largest absolute Gasteiger partial charge is 0.494 e. The number of benzene rings is 2. The van der Waals surface area contributed by atoms with Crippen molar-refractivity contribution in [3.05, 3.63) is 59.9 Å². The van der Waals surface area contributed by atoms with Crippen molar-refractivity contribution in [2.45, 2.75) is 24.9 Å². The standard InChI is InChI=1S/C19H22FNO2S/c1-4-21(16-8-6-5-7-9-16)19(22)14(2)24-13-15-10-11-18(23-3)17(20)12-15/h5-12,14H,4,13H2,1-3H3/t14-/m0/s1. The molecule has 0 fully saturated rings. The number of methoxy groups -OCH3 is 1. The minimum absolute atomic E-state index is 0.0580. The summed E-state index contributed by atoms with van der Waals surface area (Å²) in [6, 6.07) is 14.5. The maximum absolute atomic E-state index is 13.7. The van der Waals surface area contributed by atoms with Gasteiger partial charge in [-0.2, -0.15) is 0 Å². The van der Waals surface area contributed by atoms with Crippen molar-refractivity contribution in [3.8, 4) is 5.75 Å².